The average Bonchev–Trinajstić information content (AvgIpc) is 2.53. The van der Waals surface area contributed by atoms with Crippen molar-refractivity contribution in [1.29, 1.82) is 0 Å². The Hall–Kier alpha value is -0.890. The first-order valence-corrected chi connectivity index (χ1v) is 9.37. The van der Waals surface area contributed by atoms with Crippen LogP contribution in [0.25, 0.3) is 0 Å². The number of nitrogens with zero attached hydrogens (tertiary/aromatic N) is 1. The Labute approximate surface area is 141 Å². The van der Waals surface area contributed by atoms with E-state index in [1.165, 1.54) is 75.7 Å². The van der Waals surface area contributed by atoms with Gasteiger partial charge in [-0.2, -0.15) is 10.7 Å². The minimum absolute atomic E-state index is 0.554. The summed E-state index contributed by atoms with van der Waals surface area (Å²) in [6, 6.07) is -0.554. The van der Waals surface area contributed by atoms with Crippen LogP contribution >= 0.6 is 0 Å². The van der Waals surface area contributed by atoms with E-state index >= 15 is 0 Å². The van der Waals surface area contributed by atoms with Gasteiger partial charge in [0, 0.05) is 13.1 Å². The van der Waals surface area contributed by atoms with Crippen molar-refractivity contribution in [1.82, 2.24) is 27.0 Å². The summed E-state index contributed by atoms with van der Waals surface area (Å²) >= 11 is 0. The van der Waals surface area contributed by atoms with Crippen LogP contribution < -0.4 is 27.7 Å². The maximum Gasteiger partial charge on any atom is 0.345 e. The molecule has 1 rings (SSSR count). The number of urea groups is 1. The highest BCUT2D eigenvalue weighted by Crippen LogP contribution is 2.12. The lowest BCUT2D eigenvalue weighted by Gasteiger charge is -2.22. The van der Waals surface area contributed by atoms with Crippen molar-refractivity contribution >= 4 is 6.03 Å². The molecule has 1 aliphatic heterocycles. The Balaban J connectivity index is 2.22. The molecule has 1 saturated heterocycles. The van der Waals surface area contributed by atoms with Crippen molar-refractivity contribution in [3.63, 3.8) is 0 Å². The highest BCUT2D eigenvalue weighted by atomic mass is 16.2. The molecule has 0 saturated carbocycles. The first-order valence-electron chi connectivity index (χ1n) is 9.37. The van der Waals surface area contributed by atoms with Crippen LogP contribution in [0.5, 0.6) is 0 Å². The van der Waals surface area contributed by atoms with E-state index in [0.717, 1.165) is 25.9 Å². The maximum atomic E-state index is 11.3. The monoisotopic (exact) mass is 328 g/mol. The molecule has 1 heterocycles. The van der Waals surface area contributed by atoms with E-state index in [-0.39, 0.29) is 0 Å². The molecule has 0 aliphatic carbocycles. The summed E-state index contributed by atoms with van der Waals surface area (Å²) in [7, 11) is 0. The van der Waals surface area contributed by atoms with E-state index in [1.807, 2.05) is 0 Å². The number of carbonyl (C=O) groups excluding carboxylic acids is 1. The molecule has 1 fully saturated rings. The summed E-state index contributed by atoms with van der Waals surface area (Å²) < 4.78 is 0. The summed E-state index contributed by atoms with van der Waals surface area (Å²) in [4.78, 5) is 11.3. The van der Waals surface area contributed by atoms with Crippen LogP contribution in [0.4, 0.5) is 4.79 Å². The Morgan fingerprint density at radius 1 is 0.696 bits per heavy atom. The minimum atomic E-state index is -0.554. The fourth-order valence-corrected chi connectivity index (χ4v) is 2.80. The Morgan fingerprint density at radius 2 is 1.13 bits per heavy atom. The minimum Gasteiger partial charge on any atom is -0.349 e. The zero-order chi connectivity index (χ0) is 16.6. The fourth-order valence-electron chi connectivity index (χ4n) is 2.80. The van der Waals surface area contributed by atoms with Gasteiger partial charge in [-0.25, -0.2) is 15.6 Å². The van der Waals surface area contributed by atoms with E-state index in [1.54, 1.807) is 0 Å². The molecule has 23 heavy (non-hydrogen) atoms. The zero-order valence-corrected chi connectivity index (χ0v) is 14.5. The Kier molecular flexibility index (Phi) is 12.9. The highest BCUT2D eigenvalue weighted by molar-refractivity contribution is 5.70. The van der Waals surface area contributed by atoms with Gasteiger partial charge in [-0.1, -0.05) is 70.6 Å². The normalized spacial score (nSPS) is 22.3. The molecular weight excluding hydrogens is 292 g/mol. The average molecular weight is 329 g/mol. The van der Waals surface area contributed by atoms with E-state index in [0.29, 0.717) is 0 Å². The van der Waals surface area contributed by atoms with Crippen LogP contribution in [-0.2, 0) is 0 Å². The van der Waals surface area contributed by atoms with E-state index in [4.69, 9.17) is 5.73 Å². The van der Waals surface area contributed by atoms with Crippen molar-refractivity contribution in [2.75, 3.05) is 13.1 Å². The number of nitrogens with one attached hydrogen (secondary N) is 4. The van der Waals surface area contributed by atoms with E-state index in [9.17, 15) is 4.79 Å². The summed E-state index contributed by atoms with van der Waals surface area (Å²) in [6.07, 6.45) is 16.8. The van der Waals surface area contributed by atoms with Gasteiger partial charge in [0.05, 0.1) is 0 Å². The molecule has 0 radical (unpaired) electrons. The second-order valence-electron chi connectivity index (χ2n) is 6.34. The van der Waals surface area contributed by atoms with Crippen molar-refractivity contribution in [2.24, 2.45) is 5.73 Å². The SMILES string of the molecule is NC(=O)N1NCCCCCCCCCCCCCCCNNN1. The number of primary amides is 1. The molecule has 6 N–H and O–H groups in total. The van der Waals surface area contributed by atoms with Crippen LogP contribution in [0.1, 0.15) is 83.5 Å². The number of amides is 2. The van der Waals surface area contributed by atoms with Crippen LogP contribution in [0.2, 0.25) is 0 Å². The third kappa shape index (κ3) is 12.2. The Morgan fingerprint density at radius 3 is 1.61 bits per heavy atom. The molecule has 0 aromatic carbocycles. The first kappa shape index (κ1) is 20.2. The lowest BCUT2D eigenvalue weighted by atomic mass is 10.0. The maximum absolute atomic E-state index is 11.3. The zero-order valence-electron chi connectivity index (χ0n) is 14.5. The van der Waals surface area contributed by atoms with Crippen molar-refractivity contribution < 1.29 is 4.79 Å². The molecule has 0 aromatic rings. The van der Waals surface area contributed by atoms with Crippen LogP contribution in [0.15, 0.2) is 0 Å². The number of hydrogen-bond acceptors (Lipinski definition) is 5. The van der Waals surface area contributed by atoms with Gasteiger partial charge in [0.1, 0.15) is 0 Å². The quantitative estimate of drug-likeness (QED) is 0.471. The van der Waals surface area contributed by atoms with Gasteiger partial charge in [-0.3, -0.25) is 0 Å². The lowest BCUT2D eigenvalue weighted by Crippen LogP contribution is -2.61. The van der Waals surface area contributed by atoms with Gasteiger partial charge in [-0.05, 0) is 12.8 Å². The molecule has 0 spiro atoms. The van der Waals surface area contributed by atoms with Gasteiger partial charge in [0.2, 0.25) is 0 Å². The smallest absolute Gasteiger partial charge is 0.345 e. The predicted octanol–water partition coefficient (Wildman–Crippen LogP) is 2.47. The van der Waals surface area contributed by atoms with Crippen LogP contribution in [0, 0.1) is 0 Å². The van der Waals surface area contributed by atoms with Crippen molar-refractivity contribution in [2.45, 2.75) is 83.5 Å². The molecule has 136 valence electrons. The number of hydrazine groups is 4. The number of carbonyl (C=O) groups is 1. The van der Waals surface area contributed by atoms with Gasteiger partial charge in [0.25, 0.3) is 0 Å². The van der Waals surface area contributed by atoms with Gasteiger partial charge >= 0.3 is 6.03 Å². The molecule has 0 unspecified atom stereocenters. The fraction of sp³-hybridized carbons (Fsp3) is 0.938. The second-order valence-corrected chi connectivity index (χ2v) is 6.34. The first-order chi connectivity index (χ1) is 11.3. The predicted molar refractivity (Wildman–Crippen MR) is 93.7 cm³/mol. The molecule has 7 heteroatoms. The third-order valence-electron chi connectivity index (χ3n) is 4.22. The second kappa shape index (κ2) is 14.7. The topological polar surface area (TPSA) is 94.5 Å². The standard InChI is InChI=1S/C16H36N6O/c17-16(23)22-19-15-13-11-9-7-5-3-1-2-4-6-8-10-12-14-18-20-21-22/h18-21H,1-15H2,(H2,17,23). The van der Waals surface area contributed by atoms with Crippen LogP contribution in [0.3, 0.4) is 0 Å². The molecular formula is C16H36N6O. The number of hydrogen-bond donors (Lipinski definition) is 5. The highest BCUT2D eigenvalue weighted by Gasteiger charge is 2.07. The number of nitrogens with two attached hydrogens (primary N) is 1. The third-order valence-corrected chi connectivity index (χ3v) is 4.22. The molecule has 7 nitrogen and oxygen atoms in total. The van der Waals surface area contributed by atoms with Gasteiger partial charge in [0.15, 0.2) is 0 Å². The summed E-state index contributed by atoms with van der Waals surface area (Å²) in [5, 5.41) is 1.19. The summed E-state index contributed by atoms with van der Waals surface area (Å²) in [6.45, 7) is 1.59. The van der Waals surface area contributed by atoms with Crippen LogP contribution in [-0.4, -0.2) is 24.2 Å². The van der Waals surface area contributed by atoms with Crippen molar-refractivity contribution in [3.8, 4) is 0 Å². The Bertz CT molecular complexity index is 270. The molecule has 0 aromatic heterocycles. The lowest BCUT2D eigenvalue weighted by molar-refractivity contribution is 0.107. The summed E-state index contributed by atoms with van der Waals surface area (Å²) in [5.74, 6) is 0. The van der Waals surface area contributed by atoms with E-state index < -0.39 is 6.03 Å². The molecule has 1 aliphatic rings. The molecule has 0 atom stereocenters. The van der Waals surface area contributed by atoms with Gasteiger partial charge < -0.3 is 5.73 Å². The number of rotatable bonds is 0. The van der Waals surface area contributed by atoms with Gasteiger partial charge in [-0.15, -0.1) is 5.53 Å². The molecule has 2 amide bonds. The van der Waals surface area contributed by atoms with Crippen molar-refractivity contribution in [3.05, 3.63) is 0 Å². The van der Waals surface area contributed by atoms with E-state index in [2.05, 4.69) is 21.9 Å². The molecule has 0 bridgehead atoms. The summed E-state index contributed by atoms with van der Waals surface area (Å²) in [5.41, 5.74) is 16.9. The largest absolute Gasteiger partial charge is 0.349 e.